The van der Waals surface area contributed by atoms with Gasteiger partial charge in [0.25, 0.3) is 5.91 Å². The Morgan fingerprint density at radius 3 is 2.62 bits per heavy atom. The molecule has 0 atom stereocenters. The quantitative estimate of drug-likeness (QED) is 0.735. The van der Waals surface area contributed by atoms with E-state index in [0.717, 1.165) is 34.2 Å². The third kappa shape index (κ3) is 2.65. The molecule has 0 bridgehead atoms. The number of nitrogens with zero attached hydrogens (tertiary/aromatic N) is 1. The molecule has 3 aromatic rings. The first-order chi connectivity index (χ1) is 11.7. The van der Waals surface area contributed by atoms with Crippen LogP contribution in [0, 0.1) is 5.92 Å². The van der Waals surface area contributed by atoms with Gasteiger partial charge in [0.1, 0.15) is 0 Å². The van der Waals surface area contributed by atoms with Gasteiger partial charge in [-0.3, -0.25) is 9.59 Å². The number of Topliss-reactive ketones (excluding diaryl/α,β-unsaturated/α-hetero) is 1. The fourth-order valence-electron chi connectivity index (χ4n) is 3.40. The molecule has 1 aromatic carbocycles. The average Bonchev–Trinajstić information content (AvgIpc) is 3.30. The number of aromatic nitrogens is 1. The number of thiophene rings is 1. The Labute approximate surface area is 144 Å². The predicted molar refractivity (Wildman–Crippen MR) is 95.6 cm³/mol. The number of hydrogen-bond donors (Lipinski definition) is 1. The lowest BCUT2D eigenvalue weighted by Crippen LogP contribution is -2.40. The van der Waals surface area contributed by atoms with Crippen molar-refractivity contribution >= 4 is 33.9 Å². The molecule has 1 aliphatic heterocycles. The fourth-order valence-corrected chi connectivity index (χ4v) is 4.09. The van der Waals surface area contributed by atoms with Crippen LogP contribution in [0.3, 0.4) is 0 Å². The number of H-pyrrole nitrogens is 1. The summed E-state index contributed by atoms with van der Waals surface area (Å²) in [6, 6.07) is 11.6. The minimum Gasteiger partial charge on any atom is -0.360 e. The summed E-state index contributed by atoms with van der Waals surface area (Å²) in [6.07, 6.45) is 3.28. The summed E-state index contributed by atoms with van der Waals surface area (Å²) in [5.41, 5.74) is 1.76. The number of aromatic amines is 1. The highest BCUT2D eigenvalue weighted by Gasteiger charge is 2.29. The van der Waals surface area contributed by atoms with Gasteiger partial charge in [-0.25, -0.2) is 0 Å². The second-order valence-corrected chi connectivity index (χ2v) is 7.10. The number of fused-ring (bicyclic) bond motifs is 1. The monoisotopic (exact) mass is 338 g/mol. The van der Waals surface area contributed by atoms with Crippen LogP contribution in [-0.4, -0.2) is 34.7 Å². The highest BCUT2D eigenvalue weighted by molar-refractivity contribution is 7.12. The van der Waals surface area contributed by atoms with Gasteiger partial charge in [-0.15, -0.1) is 11.3 Å². The number of benzene rings is 1. The van der Waals surface area contributed by atoms with Gasteiger partial charge in [0, 0.05) is 41.7 Å². The number of carbonyl (C=O) groups excluding carboxylic acids is 2. The van der Waals surface area contributed by atoms with Gasteiger partial charge < -0.3 is 9.88 Å². The van der Waals surface area contributed by atoms with Gasteiger partial charge in [0.15, 0.2) is 5.78 Å². The van der Waals surface area contributed by atoms with E-state index in [1.165, 1.54) is 11.3 Å². The summed E-state index contributed by atoms with van der Waals surface area (Å²) in [7, 11) is 0. The topological polar surface area (TPSA) is 53.2 Å². The number of para-hydroxylation sites is 1. The number of hydrogen-bond acceptors (Lipinski definition) is 3. The van der Waals surface area contributed by atoms with Crippen LogP contribution in [0.2, 0.25) is 0 Å². The van der Waals surface area contributed by atoms with Crippen molar-refractivity contribution in [3.63, 3.8) is 0 Å². The van der Waals surface area contributed by atoms with E-state index in [2.05, 4.69) is 4.98 Å². The molecule has 0 radical (unpaired) electrons. The van der Waals surface area contributed by atoms with Gasteiger partial charge in [-0.2, -0.15) is 0 Å². The molecule has 2 aromatic heterocycles. The normalized spacial score (nSPS) is 15.8. The molecule has 1 aliphatic rings. The van der Waals surface area contributed by atoms with Gasteiger partial charge >= 0.3 is 0 Å². The summed E-state index contributed by atoms with van der Waals surface area (Å²) in [4.78, 5) is 31.1. The molecule has 0 spiro atoms. The molecule has 3 heterocycles. The van der Waals surface area contributed by atoms with Crippen molar-refractivity contribution in [2.24, 2.45) is 5.92 Å². The lowest BCUT2D eigenvalue weighted by Gasteiger charge is -2.31. The van der Waals surface area contributed by atoms with Crippen molar-refractivity contribution in [2.45, 2.75) is 12.8 Å². The second kappa shape index (κ2) is 6.24. The first-order valence-electron chi connectivity index (χ1n) is 8.17. The van der Waals surface area contributed by atoms with E-state index < -0.39 is 0 Å². The second-order valence-electron chi connectivity index (χ2n) is 6.16. The summed E-state index contributed by atoms with van der Waals surface area (Å²) in [5.74, 6) is 0.273. The standard InChI is InChI=1S/C19H18N2O2S/c22-18(15-12-20-16-5-2-1-4-14(15)16)13-7-9-21(10-8-13)19(23)17-6-3-11-24-17/h1-6,11-13,20H,7-10H2. The number of rotatable bonds is 3. The molecule has 24 heavy (non-hydrogen) atoms. The van der Waals surface area contributed by atoms with E-state index in [-0.39, 0.29) is 17.6 Å². The first-order valence-corrected chi connectivity index (χ1v) is 9.05. The molecule has 1 fully saturated rings. The van der Waals surface area contributed by atoms with E-state index >= 15 is 0 Å². The molecule has 0 unspecified atom stereocenters. The van der Waals surface area contributed by atoms with Crippen molar-refractivity contribution in [1.29, 1.82) is 0 Å². The smallest absolute Gasteiger partial charge is 0.263 e. The van der Waals surface area contributed by atoms with Crippen LogP contribution < -0.4 is 0 Å². The van der Waals surface area contributed by atoms with Crippen molar-refractivity contribution in [1.82, 2.24) is 9.88 Å². The minimum atomic E-state index is -0.00316. The number of likely N-dealkylation sites (tertiary alicyclic amines) is 1. The summed E-state index contributed by atoms with van der Waals surface area (Å²) in [5, 5.41) is 2.90. The van der Waals surface area contributed by atoms with Crippen LogP contribution in [0.4, 0.5) is 0 Å². The Bertz CT molecular complexity index is 874. The Morgan fingerprint density at radius 2 is 1.88 bits per heavy atom. The maximum atomic E-state index is 12.9. The largest absolute Gasteiger partial charge is 0.360 e. The van der Waals surface area contributed by atoms with Crippen molar-refractivity contribution in [3.05, 3.63) is 58.4 Å². The maximum Gasteiger partial charge on any atom is 0.263 e. The summed E-state index contributed by atoms with van der Waals surface area (Å²) < 4.78 is 0. The van der Waals surface area contributed by atoms with E-state index in [9.17, 15) is 9.59 Å². The third-order valence-electron chi connectivity index (χ3n) is 4.74. The molecule has 4 nitrogen and oxygen atoms in total. The molecule has 4 rings (SSSR count). The molecule has 1 amide bonds. The summed E-state index contributed by atoms with van der Waals surface area (Å²) in [6.45, 7) is 1.30. The molecular formula is C19H18N2O2S. The number of piperidine rings is 1. The van der Waals surface area contributed by atoms with Crippen LogP contribution in [0.1, 0.15) is 32.9 Å². The van der Waals surface area contributed by atoms with E-state index in [1.54, 1.807) is 0 Å². The third-order valence-corrected chi connectivity index (χ3v) is 5.60. The average molecular weight is 338 g/mol. The zero-order chi connectivity index (χ0) is 16.5. The number of carbonyl (C=O) groups is 2. The van der Waals surface area contributed by atoms with Crippen LogP contribution in [-0.2, 0) is 0 Å². The molecule has 5 heteroatoms. The molecule has 122 valence electrons. The molecule has 0 saturated carbocycles. The Kier molecular flexibility index (Phi) is 3.94. The Morgan fingerprint density at radius 1 is 1.08 bits per heavy atom. The molecular weight excluding hydrogens is 320 g/mol. The number of amides is 1. The zero-order valence-electron chi connectivity index (χ0n) is 13.2. The highest BCUT2D eigenvalue weighted by atomic mass is 32.1. The lowest BCUT2D eigenvalue weighted by molar-refractivity contribution is 0.0654. The summed E-state index contributed by atoms with van der Waals surface area (Å²) >= 11 is 1.47. The van der Waals surface area contributed by atoms with Crippen molar-refractivity contribution in [2.75, 3.05) is 13.1 Å². The van der Waals surface area contributed by atoms with Crippen molar-refractivity contribution in [3.8, 4) is 0 Å². The fraction of sp³-hybridized carbons (Fsp3) is 0.263. The van der Waals surface area contributed by atoms with Crippen LogP contribution in [0.25, 0.3) is 10.9 Å². The van der Waals surface area contributed by atoms with Gasteiger partial charge in [0.05, 0.1) is 4.88 Å². The first kappa shape index (κ1) is 15.1. The molecule has 1 saturated heterocycles. The van der Waals surface area contributed by atoms with Crippen LogP contribution in [0.5, 0.6) is 0 Å². The number of nitrogens with one attached hydrogen (secondary N) is 1. The Balaban J connectivity index is 1.46. The molecule has 0 aliphatic carbocycles. The SMILES string of the molecule is O=C(c1c[nH]c2ccccc12)C1CCN(C(=O)c2cccs2)CC1. The molecule has 1 N–H and O–H groups in total. The number of ketones is 1. The van der Waals surface area contributed by atoms with Gasteiger partial charge in [0.2, 0.25) is 0 Å². The Hall–Kier alpha value is -2.40. The van der Waals surface area contributed by atoms with Gasteiger partial charge in [-0.1, -0.05) is 24.3 Å². The van der Waals surface area contributed by atoms with Crippen molar-refractivity contribution < 1.29 is 9.59 Å². The van der Waals surface area contributed by atoms with E-state index in [1.807, 2.05) is 52.9 Å². The van der Waals surface area contributed by atoms with E-state index in [0.29, 0.717) is 13.1 Å². The van der Waals surface area contributed by atoms with Crippen LogP contribution >= 0.6 is 11.3 Å². The predicted octanol–water partition coefficient (Wildman–Crippen LogP) is 3.96. The lowest BCUT2D eigenvalue weighted by atomic mass is 9.88. The minimum absolute atomic E-state index is 0.00316. The maximum absolute atomic E-state index is 12.9. The van der Waals surface area contributed by atoms with E-state index in [4.69, 9.17) is 0 Å². The van der Waals surface area contributed by atoms with Crippen LogP contribution in [0.15, 0.2) is 48.0 Å². The highest BCUT2D eigenvalue weighted by Crippen LogP contribution is 2.27. The zero-order valence-corrected chi connectivity index (χ0v) is 14.0. The van der Waals surface area contributed by atoms with Gasteiger partial charge in [-0.05, 0) is 30.4 Å².